The second-order valence-electron chi connectivity index (χ2n) is 4.90. The maximum Gasteiger partial charge on any atom is 0.00104 e. The molecule has 3 N–H and O–H groups in total. The summed E-state index contributed by atoms with van der Waals surface area (Å²) in [4.78, 5) is 0. The largest absolute Gasteiger partial charge is 0.328 e. The van der Waals surface area contributed by atoms with E-state index in [4.69, 9.17) is 5.73 Å². The first-order valence-corrected chi connectivity index (χ1v) is 6.00. The van der Waals surface area contributed by atoms with Gasteiger partial charge in [-0.05, 0) is 44.7 Å². The molecule has 14 heavy (non-hydrogen) atoms. The van der Waals surface area contributed by atoms with E-state index in [9.17, 15) is 0 Å². The van der Waals surface area contributed by atoms with Crippen molar-refractivity contribution in [1.82, 2.24) is 5.32 Å². The van der Waals surface area contributed by atoms with Crippen LogP contribution in [0.2, 0.25) is 0 Å². The maximum absolute atomic E-state index is 5.67. The molecule has 0 saturated heterocycles. The molecule has 0 radical (unpaired) electrons. The van der Waals surface area contributed by atoms with E-state index in [2.05, 4.69) is 33.0 Å². The second kappa shape index (κ2) is 8.25. The van der Waals surface area contributed by atoms with Crippen LogP contribution in [0.3, 0.4) is 0 Å². The van der Waals surface area contributed by atoms with Crippen molar-refractivity contribution in [2.75, 3.05) is 13.1 Å². The third-order valence-electron chi connectivity index (χ3n) is 2.87. The fourth-order valence-corrected chi connectivity index (χ4v) is 1.28. The molecule has 2 heteroatoms. The van der Waals surface area contributed by atoms with E-state index >= 15 is 0 Å². The van der Waals surface area contributed by atoms with Gasteiger partial charge in [0.15, 0.2) is 0 Å². The quantitative estimate of drug-likeness (QED) is 0.590. The predicted molar refractivity (Wildman–Crippen MR) is 64.4 cm³/mol. The molecule has 0 aliphatic carbocycles. The molecule has 0 aliphatic rings. The van der Waals surface area contributed by atoms with Crippen LogP contribution in [0.15, 0.2) is 0 Å². The lowest BCUT2D eigenvalue weighted by Crippen LogP contribution is -2.25. The highest BCUT2D eigenvalue weighted by Gasteiger charge is 2.05. The van der Waals surface area contributed by atoms with Crippen molar-refractivity contribution in [3.8, 4) is 0 Å². The van der Waals surface area contributed by atoms with Gasteiger partial charge in [0.1, 0.15) is 0 Å². The summed E-state index contributed by atoms with van der Waals surface area (Å²) in [6.07, 6.45) is 3.66. The minimum absolute atomic E-state index is 0.365. The average Bonchev–Trinajstić information content (AvgIpc) is 2.09. The number of nitrogens with one attached hydrogen (secondary N) is 1. The molecule has 0 aromatic heterocycles. The summed E-state index contributed by atoms with van der Waals surface area (Å²) in [5.74, 6) is 1.56. The van der Waals surface area contributed by atoms with Crippen molar-refractivity contribution in [3.63, 3.8) is 0 Å². The smallest absolute Gasteiger partial charge is 0.00104 e. The Bertz CT molecular complexity index is 121. The molecule has 0 aromatic carbocycles. The van der Waals surface area contributed by atoms with Crippen LogP contribution in [0.25, 0.3) is 0 Å². The van der Waals surface area contributed by atoms with Crippen LogP contribution in [-0.2, 0) is 0 Å². The third-order valence-corrected chi connectivity index (χ3v) is 2.87. The molecule has 2 unspecified atom stereocenters. The van der Waals surface area contributed by atoms with Gasteiger partial charge in [-0.1, -0.05) is 27.2 Å². The zero-order valence-electron chi connectivity index (χ0n) is 10.3. The Labute approximate surface area is 89.6 Å². The van der Waals surface area contributed by atoms with Gasteiger partial charge < -0.3 is 11.1 Å². The molecule has 0 amide bonds. The Hall–Kier alpha value is -0.0800. The molecule has 0 aliphatic heterocycles. The highest BCUT2D eigenvalue weighted by Crippen LogP contribution is 2.07. The van der Waals surface area contributed by atoms with Crippen molar-refractivity contribution in [3.05, 3.63) is 0 Å². The van der Waals surface area contributed by atoms with Crippen LogP contribution < -0.4 is 11.1 Å². The lowest BCUT2D eigenvalue weighted by molar-refractivity contribution is 0.390. The molecule has 0 heterocycles. The molecule has 0 rings (SSSR count). The van der Waals surface area contributed by atoms with Crippen LogP contribution in [0.1, 0.15) is 47.0 Å². The normalized spacial score (nSPS) is 15.9. The average molecular weight is 200 g/mol. The zero-order chi connectivity index (χ0) is 11.0. The maximum atomic E-state index is 5.67. The van der Waals surface area contributed by atoms with Crippen molar-refractivity contribution in [2.24, 2.45) is 17.6 Å². The topological polar surface area (TPSA) is 38.0 Å². The van der Waals surface area contributed by atoms with Crippen LogP contribution in [0, 0.1) is 11.8 Å². The van der Waals surface area contributed by atoms with E-state index in [1.165, 1.54) is 12.8 Å². The first-order chi connectivity index (χ1) is 6.54. The van der Waals surface area contributed by atoms with Gasteiger partial charge in [0.05, 0.1) is 0 Å². The third kappa shape index (κ3) is 8.52. The van der Waals surface area contributed by atoms with Gasteiger partial charge in [0, 0.05) is 6.04 Å². The Morgan fingerprint density at radius 1 is 1.07 bits per heavy atom. The van der Waals surface area contributed by atoms with E-state index in [0.717, 1.165) is 31.3 Å². The first-order valence-electron chi connectivity index (χ1n) is 6.00. The predicted octanol–water partition coefficient (Wildman–Crippen LogP) is 2.39. The molecule has 0 bridgehead atoms. The van der Waals surface area contributed by atoms with Crippen LogP contribution in [-0.4, -0.2) is 19.1 Å². The van der Waals surface area contributed by atoms with Gasteiger partial charge in [0.25, 0.3) is 0 Å². The minimum atomic E-state index is 0.365. The minimum Gasteiger partial charge on any atom is -0.328 e. The molecule has 0 aromatic rings. The first kappa shape index (κ1) is 13.9. The number of nitrogens with two attached hydrogens (primary N) is 1. The molecular weight excluding hydrogens is 172 g/mol. The van der Waals surface area contributed by atoms with Crippen molar-refractivity contribution in [2.45, 2.75) is 53.0 Å². The monoisotopic (exact) mass is 200 g/mol. The fraction of sp³-hybridized carbons (Fsp3) is 1.00. The van der Waals surface area contributed by atoms with E-state index < -0.39 is 0 Å². The summed E-state index contributed by atoms with van der Waals surface area (Å²) >= 11 is 0. The van der Waals surface area contributed by atoms with Crippen LogP contribution in [0.4, 0.5) is 0 Å². The molecule has 86 valence electrons. The SMILES string of the molecule is CC(N)CCCCNCC(C)C(C)C. The number of unbranched alkanes of at least 4 members (excludes halogenated alkanes) is 1. The van der Waals surface area contributed by atoms with E-state index in [-0.39, 0.29) is 0 Å². The van der Waals surface area contributed by atoms with Gasteiger partial charge in [-0.25, -0.2) is 0 Å². The highest BCUT2D eigenvalue weighted by molar-refractivity contribution is 4.61. The molecule has 2 atom stereocenters. The Balaban J connectivity index is 3.13. The lowest BCUT2D eigenvalue weighted by atomic mass is 9.98. The fourth-order valence-electron chi connectivity index (χ4n) is 1.28. The standard InChI is InChI=1S/C12H28N2/c1-10(2)11(3)9-14-8-6-5-7-12(4)13/h10-12,14H,5-9,13H2,1-4H3. The van der Waals surface area contributed by atoms with E-state index in [1.807, 2.05) is 0 Å². The van der Waals surface area contributed by atoms with E-state index in [1.54, 1.807) is 0 Å². The van der Waals surface area contributed by atoms with Gasteiger partial charge >= 0.3 is 0 Å². The van der Waals surface area contributed by atoms with Crippen molar-refractivity contribution in [1.29, 1.82) is 0 Å². The summed E-state index contributed by atoms with van der Waals surface area (Å²) in [6, 6.07) is 0.365. The number of hydrogen-bond acceptors (Lipinski definition) is 2. The summed E-state index contributed by atoms with van der Waals surface area (Å²) in [5, 5.41) is 3.50. The summed E-state index contributed by atoms with van der Waals surface area (Å²) in [7, 11) is 0. The van der Waals surface area contributed by atoms with Crippen LogP contribution in [0.5, 0.6) is 0 Å². The molecule has 0 fully saturated rings. The molecule has 2 nitrogen and oxygen atoms in total. The van der Waals surface area contributed by atoms with Gasteiger partial charge in [-0.15, -0.1) is 0 Å². The summed E-state index contributed by atoms with van der Waals surface area (Å²) in [6.45, 7) is 11.2. The summed E-state index contributed by atoms with van der Waals surface area (Å²) in [5.41, 5.74) is 5.67. The molecular formula is C12H28N2. The Morgan fingerprint density at radius 3 is 2.21 bits per heavy atom. The lowest BCUT2D eigenvalue weighted by Gasteiger charge is -2.16. The molecule has 0 saturated carbocycles. The Kier molecular flexibility index (Phi) is 8.20. The van der Waals surface area contributed by atoms with Gasteiger partial charge in [0.2, 0.25) is 0 Å². The van der Waals surface area contributed by atoms with Crippen molar-refractivity contribution < 1.29 is 0 Å². The van der Waals surface area contributed by atoms with Crippen LogP contribution >= 0.6 is 0 Å². The number of rotatable bonds is 8. The van der Waals surface area contributed by atoms with E-state index in [0.29, 0.717) is 6.04 Å². The highest BCUT2D eigenvalue weighted by atomic mass is 14.8. The zero-order valence-corrected chi connectivity index (χ0v) is 10.3. The van der Waals surface area contributed by atoms with Gasteiger partial charge in [-0.3, -0.25) is 0 Å². The Morgan fingerprint density at radius 2 is 1.71 bits per heavy atom. The van der Waals surface area contributed by atoms with Crippen molar-refractivity contribution >= 4 is 0 Å². The second-order valence-corrected chi connectivity index (χ2v) is 4.90. The van der Waals surface area contributed by atoms with Gasteiger partial charge in [-0.2, -0.15) is 0 Å². The number of hydrogen-bond donors (Lipinski definition) is 2. The summed E-state index contributed by atoms with van der Waals surface area (Å²) < 4.78 is 0. The molecule has 0 spiro atoms.